The molecule has 0 radical (unpaired) electrons. The molecule has 1 spiro atoms. The molecule has 2 unspecified atom stereocenters. The Kier molecular flexibility index (Phi) is 10.5. The lowest BCUT2D eigenvalue weighted by Gasteiger charge is -2.48. The highest BCUT2D eigenvalue weighted by Gasteiger charge is 2.53. The maximum absolute atomic E-state index is 14.5. The number of likely N-dealkylation sites (N-methyl/N-ethyl adjacent to an activating group) is 1. The fourth-order valence-corrected chi connectivity index (χ4v) is 6.06. The van der Waals surface area contributed by atoms with Crippen LogP contribution in [-0.2, 0) is 4.79 Å². The highest BCUT2D eigenvalue weighted by Crippen LogP contribution is 2.48. The van der Waals surface area contributed by atoms with Gasteiger partial charge in [0.2, 0.25) is 0 Å². The first-order valence-electron chi connectivity index (χ1n) is 14.8. The zero-order valence-corrected chi connectivity index (χ0v) is 26.1. The average molecular weight is 512 g/mol. The Morgan fingerprint density at radius 1 is 1.16 bits per heavy atom. The van der Waals surface area contributed by atoms with Crippen molar-refractivity contribution in [3.8, 4) is 0 Å². The summed E-state index contributed by atoms with van der Waals surface area (Å²) in [5.41, 5.74) is 2.22. The first kappa shape index (κ1) is 31.4. The molecular weight excluding hydrogens is 454 g/mol. The zero-order valence-electron chi connectivity index (χ0n) is 26.1. The molecule has 210 valence electrons. The number of amides is 1. The largest absolute Gasteiger partial charge is 0.350 e. The van der Waals surface area contributed by atoms with Crippen LogP contribution in [0.25, 0.3) is 0 Å². The third-order valence-corrected chi connectivity index (χ3v) is 8.68. The predicted octanol–water partition coefficient (Wildman–Crippen LogP) is 8.55. The molecule has 1 aliphatic heterocycles. The summed E-state index contributed by atoms with van der Waals surface area (Å²) in [7, 11) is 0. The van der Waals surface area contributed by atoms with Gasteiger partial charge < -0.3 is 9.80 Å². The Balaban J connectivity index is 2.64. The molecule has 0 N–H and O–H groups in total. The van der Waals surface area contributed by atoms with E-state index in [1.165, 1.54) is 5.57 Å². The molecule has 2 atom stereocenters. The number of hydrogen-bond donors (Lipinski definition) is 0. The molecule has 2 rings (SSSR count). The van der Waals surface area contributed by atoms with Gasteiger partial charge in [0, 0.05) is 12.6 Å². The van der Waals surface area contributed by atoms with Crippen molar-refractivity contribution in [3.63, 3.8) is 0 Å². The van der Waals surface area contributed by atoms with E-state index in [0.717, 1.165) is 57.1 Å². The van der Waals surface area contributed by atoms with Gasteiger partial charge in [-0.05, 0) is 95.0 Å². The molecule has 4 heteroatoms. The van der Waals surface area contributed by atoms with Crippen LogP contribution < -0.4 is 0 Å². The Hall–Kier alpha value is -1.84. The summed E-state index contributed by atoms with van der Waals surface area (Å²) in [5.74, 6) is 1.47. The van der Waals surface area contributed by atoms with Crippen LogP contribution in [0.2, 0.25) is 0 Å². The van der Waals surface area contributed by atoms with Gasteiger partial charge in [0.15, 0.2) is 5.84 Å². The molecule has 37 heavy (non-hydrogen) atoms. The molecule has 0 aromatic rings. The minimum Gasteiger partial charge on any atom is -0.350 e. The first-order valence-corrected chi connectivity index (χ1v) is 14.8. The summed E-state index contributed by atoms with van der Waals surface area (Å²) >= 11 is 0. The van der Waals surface area contributed by atoms with Gasteiger partial charge in [-0.1, -0.05) is 78.8 Å². The molecular formula is C33H57N3O. The second-order valence-electron chi connectivity index (χ2n) is 13.9. The Morgan fingerprint density at radius 2 is 1.76 bits per heavy atom. The summed E-state index contributed by atoms with van der Waals surface area (Å²) in [6.07, 6.45) is 13.5. The number of hydrogen-bond acceptors (Lipinski definition) is 3. The van der Waals surface area contributed by atoms with Crippen LogP contribution in [0, 0.1) is 16.7 Å². The van der Waals surface area contributed by atoms with Crippen LogP contribution in [0.5, 0.6) is 0 Å². The van der Waals surface area contributed by atoms with Crippen LogP contribution in [-0.4, -0.2) is 45.8 Å². The highest BCUT2D eigenvalue weighted by molar-refractivity contribution is 6.39. The van der Waals surface area contributed by atoms with E-state index in [9.17, 15) is 4.79 Å². The van der Waals surface area contributed by atoms with Gasteiger partial charge in [-0.3, -0.25) is 4.79 Å². The second-order valence-corrected chi connectivity index (χ2v) is 13.9. The summed E-state index contributed by atoms with van der Waals surface area (Å²) in [5, 5.41) is 0. The fraction of sp³-hybridized carbons (Fsp3) is 0.758. The molecule has 1 aliphatic carbocycles. The van der Waals surface area contributed by atoms with Gasteiger partial charge >= 0.3 is 0 Å². The van der Waals surface area contributed by atoms with Crippen LogP contribution >= 0.6 is 0 Å². The van der Waals surface area contributed by atoms with E-state index in [4.69, 9.17) is 4.99 Å². The second kappa shape index (κ2) is 12.3. The average Bonchev–Trinajstić information content (AvgIpc) is 3.06. The lowest BCUT2D eigenvalue weighted by atomic mass is 9.69. The quantitative estimate of drug-likeness (QED) is 0.291. The van der Waals surface area contributed by atoms with Crippen molar-refractivity contribution in [1.82, 2.24) is 9.80 Å². The molecule has 0 aromatic carbocycles. The maximum Gasteiger partial charge on any atom is 0.291 e. The fourth-order valence-electron chi connectivity index (χ4n) is 6.06. The van der Waals surface area contributed by atoms with E-state index in [0.29, 0.717) is 11.8 Å². The van der Waals surface area contributed by atoms with E-state index >= 15 is 0 Å². The van der Waals surface area contributed by atoms with E-state index < -0.39 is 5.66 Å². The van der Waals surface area contributed by atoms with Gasteiger partial charge in [0.25, 0.3) is 5.91 Å². The first-order chi connectivity index (χ1) is 17.1. The maximum atomic E-state index is 14.5. The highest BCUT2D eigenvalue weighted by atomic mass is 16.2. The smallest absolute Gasteiger partial charge is 0.291 e. The Morgan fingerprint density at radius 3 is 2.19 bits per heavy atom. The molecule has 1 saturated carbocycles. The molecule has 0 bridgehead atoms. The van der Waals surface area contributed by atoms with Gasteiger partial charge in [-0.15, -0.1) is 0 Å². The summed E-state index contributed by atoms with van der Waals surface area (Å²) in [6, 6.07) is 0.281. The third-order valence-electron chi connectivity index (χ3n) is 8.68. The Labute approximate surface area is 229 Å². The molecule has 1 amide bonds. The lowest BCUT2D eigenvalue weighted by Crippen LogP contribution is -2.56. The van der Waals surface area contributed by atoms with Gasteiger partial charge in [-0.2, -0.15) is 0 Å². The number of amidine groups is 1. The van der Waals surface area contributed by atoms with Gasteiger partial charge in [-0.25, -0.2) is 4.99 Å². The zero-order chi connectivity index (χ0) is 28.2. The van der Waals surface area contributed by atoms with Crippen LogP contribution in [0.1, 0.15) is 121 Å². The van der Waals surface area contributed by atoms with E-state index in [1.807, 2.05) is 6.92 Å². The summed E-state index contributed by atoms with van der Waals surface area (Å²) in [6.45, 7) is 29.5. The number of carbonyl (C=O) groups excluding carboxylic acids is 1. The lowest BCUT2D eigenvalue weighted by molar-refractivity contribution is -0.133. The molecule has 1 fully saturated rings. The number of rotatable bonds is 9. The van der Waals surface area contributed by atoms with Crippen molar-refractivity contribution in [2.24, 2.45) is 21.7 Å². The van der Waals surface area contributed by atoms with Crippen molar-refractivity contribution in [2.45, 2.75) is 139 Å². The summed E-state index contributed by atoms with van der Waals surface area (Å²) in [4.78, 5) is 24.4. The van der Waals surface area contributed by atoms with E-state index in [-0.39, 0.29) is 28.8 Å². The predicted molar refractivity (Wildman–Crippen MR) is 161 cm³/mol. The molecule has 2 aliphatic rings. The third kappa shape index (κ3) is 7.60. The molecule has 1 heterocycles. The number of nitrogens with zero attached hydrogens (tertiary/aromatic N) is 3. The molecule has 4 nitrogen and oxygen atoms in total. The minimum absolute atomic E-state index is 0.00426. The van der Waals surface area contributed by atoms with E-state index in [2.05, 4.69) is 104 Å². The number of allylic oxidation sites excluding steroid dienone is 3. The molecule has 0 aromatic heterocycles. The topological polar surface area (TPSA) is 35.9 Å². The van der Waals surface area contributed by atoms with Crippen molar-refractivity contribution in [3.05, 3.63) is 36.0 Å². The van der Waals surface area contributed by atoms with Crippen molar-refractivity contribution in [2.75, 3.05) is 6.54 Å². The van der Waals surface area contributed by atoms with Crippen LogP contribution in [0.4, 0.5) is 0 Å². The monoisotopic (exact) mass is 511 g/mol. The Bertz CT molecular complexity index is 888. The van der Waals surface area contributed by atoms with Crippen molar-refractivity contribution in [1.29, 1.82) is 0 Å². The minimum atomic E-state index is -0.455. The van der Waals surface area contributed by atoms with Crippen molar-refractivity contribution >= 4 is 11.7 Å². The van der Waals surface area contributed by atoms with Crippen molar-refractivity contribution < 1.29 is 4.79 Å². The van der Waals surface area contributed by atoms with E-state index in [1.54, 1.807) is 0 Å². The standard InChI is InChI=1S/C33H57N3O/c1-13-25(6)35(15-3)29-30(37)36(33(34-29)22-18-27(19-23-33)32(10,11)12)28(20-21-31(7,8)9)26(14-2)17-16-24(4)5/h14,16-17,25,27-28H,4,13,15,18-23H2,1-3,5-12H3/b17-16-,26-14+. The summed E-state index contributed by atoms with van der Waals surface area (Å²) < 4.78 is 0. The molecule has 0 saturated heterocycles. The number of aliphatic imine (C=N–C) groups is 1. The number of carbonyl (C=O) groups is 1. The normalized spacial score (nSPS) is 25.1. The van der Waals surface area contributed by atoms with Gasteiger partial charge in [0.1, 0.15) is 5.66 Å². The van der Waals surface area contributed by atoms with Gasteiger partial charge in [0.05, 0.1) is 6.04 Å². The van der Waals surface area contributed by atoms with Crippen LogP contribution in [0.15, 0.2) is 40.9 Å². The van der Waals surface area contributed by atoms with Crippen LogP contribution in [0.3, 0.4) is 0 Å². The SMILES string of the molecule is C=C(C)/C=C\C(=C/C)C(CCC(C)(C)C)N1C(=O)C(N(CC)C(C)CC)=NC12CCC(C(C)(C)C)CC2.